The van der Waals surface area contributed by atoms with Crippen LogP contribution < -0.4 is 10.2 Å². The van der Waals surface area contributed by atoms with Crippen molar-refractivity contribution in [3.63, 3.8) is 0 Å². The number of carbonyl (C=O) groups is 1. The lowest BCUT2D eigenvalue weighted by atomic mass is 9.73. The van der Waals surface area contributed by atoms with E-state index in [0.717, 1.165) is 41.9 Å². The predicted octanol–water partition coefficient (Wildman–Crippen LogP) is 3.09. The van der Waals surface area contributed by atoms with Gasteiger partial charge in [0.25, 0.3) is 5.91 Å². The standard InChI is InChI=1S/C18H22ClN5OS.ClH/c1-23(12-19)16(25)14-4-2-13(3-5-14)15-21-22-17(26-15)24-10-18(11-24)6-8-20-9-7-18;/h2-5,20H,6-12H2,1H3;1H. The summed E-state index contributed by atoms with van der Waals surface area (Å²) in [5.41, 5.74) is 2.08. The van der Waals surface area contributed by atoms with Gasteiger partial charge in [0.15, 0.2) is 0 Å². The Labute approximate surface area is 174 Å². The molecule has 4 rings (SSSR count). The minimum absolute atomic E-state index is 0. The van der Waals surface area contributed by atoms with E-state index in [2.05, 4.69) is 20.4 Å². The number of rotatable bonds is 4. The van der Waals surface area contributed by atoms with Crippen molar-refractivity contribution in [2.75, 3.05) is 44.1 Å². The average Bonchev–Trinajstić information content (AvgIpc) is 3.15. The van der Waals surface area contributed by atoms with Crippen LogP contribution in [0.3, 0.4) is 0 Å². The van der Waals surface area contributed by atoms with Crippen LogP contribution in [-0.2, 0) is 0 Å². The molecule has 1 N–H and O–H groups in total. The van der Waals surface area contributed by atoms with E-state index in [1.807, 2.05) is 24.3 Å². The fourth-order valence-corrected chi connectivity index (χ4v) is 4.62. The van der Waals surface area contributed by atoms with Crippen LogP contribution in [0.15, 0.2) is 24.3 Å². The van der Waals surface area contributed by atoms with E-state index in [0.29, 0.717) is 11.0 Å². The summed E-state index contributed by atoms with van der Waals surface area (Å²) in [6.07, 6.45) is 2.50. The molecule has 1 amide bonds. The van der Waals surface area contributed by atoms with Crippen molar-refractivity contribution in [3.8, 4) is 10.6 Å². The molecule has 0 bridgehead atoms. The van der Waals surface area contributed by atoms with Gasteiger partial charge in [-0.25, -0.2) is 0 Å². The van der Waals surface area contributed by atoms with E-state index in [1.54, 1.807) is 18.4 Å². The van der Waals surface area contributed by atoms with E-state index >= 15 is 0 Å². The first-order valence-corrected chi connectivity index (χ1v) is 10.2. The van der Waals surface area contributed by atoms with Gasteiger partial charge in [-0.05, 0) is 38.1 Å². The van der Waals surface area contributed by atoms with Crippen molar-refractivity contribution in [1.82, 2.24) is 20.4 Å². The van der Waals surface area contributed by atoms with Crippen molar-refractivity contribution >= 4 is 46.4 Å². The maximum Gasteiger partial charge on any atom is 0.254 e. The molecule has 2 fully saturated rings. The lowest BCUT2D eigenvalue weighted by molar-refractivity contribution is 0.0818. The number of amides is 1. The summed E-state index contributed by atoms with van der Waals surface area (Å²) in [4.78, 5) is 15.9. The Morgan fingerprint density at radius 1 is 1.26 bits per heavy atom. The molecule has 2 aliphatic rings. The third kappa shape index (κ3) is 4.06. The van der Waals surface area contributed by atoms with Crippen molar-refractivity contribution in [1.29, 1.82) is 0 Å². The number of halogens is 2. The van der Waals surface area contributed by atoms with Crippen LogP contribution in [0.5, 0.6) is 0 Å². The highest BCUT2D eigenvalue weighted by molar-refractivity contribution is 7.18. The second-order valence-electron chi connectivity index (χ2n) is 7.20. The lowest BCUT2D eigenvalue weighted by Gasteiger charge is -2.52. The van der Waals surface area contributed by atoms with Gasteiger partial charge in [0, 0.05) is 36.7 Å². The first-order valence-electron chi connectivity index (χ1n) is 8.81. The first-order chi connectivity index (χ1) is 12.6. The fraction of sp³-hybridized carbons (Fsp3) is 0.500. The largest absolute Gasteiger partial charge is 0.345 e. The number of aromatic nitrogens is 2. The normalized spacial score (nSPS) is 17.9. The predicted molar refractivity (Wildman–Crippen MR) is 112 cm³/mol. The van der Waals surface area contributed by atoms with Gasteiger partial charge in [-0.1, -0.05) is 23.5 Å². The van der Waals surface area contributed by atoms with Gasteiger partial charge in [-0.3, -0.25) is 4.79 Å². The number of benzene rings is 1. The van der Waals surface area contributed by atoms with Crippen LogP contribution >= 0.6 is 35.3 Å². The number of nitrogens with zero attached hydrogens (tertiary/aromatic N) is 4. The van der Waals surface area contributed by atoms with Crippen LogP contribution in [0, 0.1) is 5.41 Å². The van der Waals surface area contributed by atoms with Gasteiger partial charge >= 0.3 is 0 Å². The van der Waals surface area contributed by atoms with Crippen molar-refractivity contribution in [2.24, 2.45) is 5.41 Å². The molecule has 0 radical (unpaired) electrons. The Bertz CT molecular complexity index is 783. The van der Waals surface area contributed by atoms with E-state index in [9.17, 15) is 4.79 Å². The summed E-state index contributed by atoms with van der Waals surface area (Å²) in [5.74, 6) is -0.0858. The summed E-state index contributed by atoms with van der Waals surface area (Å²) in [6, 6.07) is 7.65. The molecule has 0 unspecified atom stereocenters. The Kier molecular flexibility index (Phi) is 6.25. The second-order valence-corrected chi connectivity index (χ2v) is 8.39. The van der Waals surface area contributed by atoms with E-state index in [4.69, 9.17) is 11.6 Å². The number of hydrogen-bond acceptors (Lipinski definition) is 6. The topological polar surface area (TPSA) is 61.4 Å². The molecule has 9 heteroatoms. The Morgan fingerprint density at radius 3 is 2.56 bits per heavy atom. The third-order valence-corrected chi connectivity index (χ3v) is 6.70. The summed E-state index contributed by atoms with van der Waals surface area (Å²) < 4.78 is 0. The molecule has 1 aromatic heterocycles. The molecule has 0 atom stereocenters. The quantitative estimate of drug-likeness (QED) is 0.599. The Balaban J connectivity index is 0.00000210. The summed E-state index contributed by atoms with van der Waals surface area (Å²) in [5, 5.41) is 14.0. The van der Waals surface area contributed by atoms with Crippen LogP contribution in [0.2, 0.25) is 0 Å². The highest BCUT2D eigenvalue weighted by atomic mass is 35.5. The zero-order valence-electron chi connectivity index (χ0n) is 15.2. The van der Waals surface area contributed by atoms with E-state index in [-0.39, 0.29) is 24.3 Å². The molecule has 6 nitrogen and oxygen atoms in total. The minimum Gasteiger partial charge on any atom is -0.345 e. The van der Waals surface area contributed by atoms with Crippen molar-refractivity contribution < 1.29 is 4.79 Å². The number of nitrogens with one attached hydrogen (secondary N) is 1. The molecule has 2 aliphatic heterocycles. The van der Waals surface area contributed by atoms with Crippen molar-refractivity contribution in [3.05, 3.63) is 29.8 Å². The first kappa shape index (κ1) is 20.3. The molecule has 1 spiro atoms. The summed E-state index contributed by atoms with van der Waals surface area (Å²) >= 11 is 7.32. The van der Waals surface area contributed by atoms with Crippen LogP contribution in [0.4, 0.5) is 5.13 Å². The number of hydrogen-bond donors (Lipinski definition) is 1. The van der Waals surface area contributed by atoms with Crippen LogP contribution in [0.25, 0.3) is 10.6 Å². The zero-order valence-corrected chi connectivity index (χ0v) is 17.5. The molecular weight excluding hydrogens is 405 g/mol. The van der Waals surface area contributed by atoms with Crippen molar-refractivity contribution in [2.45, 2.75) is 12.8 Å². The molecule has 2 aromatic rings. The van der Waals surface area contributed by atoms with Gasteiger partial charge in [-0.15, -0.1) is 34.2 Å². The van der Waals surface area contributed by atoms with Gasteiger partial charge in [-0.2, -0.15) is 0 Å². The van der Waals surface area contributed by atoms with Gasteiger partial charge < -0.3 is 15.1 Å². The highest BCUT2D eigenvalue weighted by Crippen LogP contribution is 2.42. The van der Waals surface area contributed by atoms with Gasteiger partial charge in [0.1, 0.15) is 5.01 Å². The number of carbonyl (C=O) groups excluding carboxylic acids is 1. The summed E-state index contributed by atoms with van der Waals surface area (Å²) in [6.45, 7) is 4.42. The minimum atomic E-state index is -0.0858. The lowest BCUT2D eigenvalue weighted by Crippen LogP contribution is -2.60. The number of piperidine rings is 1. The number of anilines is 1. The SMILES string of the molecule is CN(CCl)C(=O)c1ccc(-c2nnc(N3CC4(CCNCC4)C3)s2)cc1.Cl. The molecule has 0 saturated carbocycles. The zero-order chi connectivity index (χ0) is 18.1. The maximum atomic E-state index is 12.1. The number of alkyl halides is 1. The average molecular weight is 428 g/mol. The molecule has 3 heterocycles. The maximum absolute atomic E-state index is 12.1. The molecular formula is C18H23Cl2N5OS. The van der Waals surface area contributed by atoms with Crippen LogP contribution in [-0.4, -0.2) is 60.2 Å². The smallest absolute Gasteiger partial charge is 0.254 e. The second kappa shape index (κ2) is 8.31. The van der Waals surface area contributed by atoms with Gasteiger partial charge in [0.05, 0.1) is 6.00 Å². The molecule has 2 saturated heterocycles. The Hall–Kier alpha value is -1.41. The van der Waals surface area contributed by atoms with E-state index in [1.165, 1.54) is 17.7 Å². The van der Waals surface area contributed by atoms with Crippen LogP contribution in [0.1, 0.15) is 23.2 Å². The molecule has 27 heavy (non-hydrogen) atoms. The van der Waals surface area contributed by atoms with Gasteiger partial charge in [0.2, 0.25) is 5.13 Å². The Morgan fingerprint density at radius 2 is 1.93 bits per heavy atom. The highest BCUT2D eigenvalue weighted by Gasteiger charge is 2.44. The molecule has 146 valence electrons. The molecule has 1 aromatic carbocycles. The monoisotopic (exact) mass is 427 g/mol. The fourth-order valence-electron chi connectivity index (χ4n) is 3.66. The third-order valence-electron chi connectivity index (χ3n) is 5.31. The molecule has 0 aliphatic carbocycles. The summed E-state index contributed by atoms with van der Waals surface area (Å²) in [7, 11) is 1.68. The van der Waals surface area contributed by atoms with E-state index < -0.39 is 0 Å².